The number of benzene rings is 1. The van der Waals surface area contributed by atoms with Gasteiger partial charge in [-0.25, -0.2) is 13.2 Å². The van der Waals surface area contributed by atoms with E-state index >= 15 is 0 Å². The maximum atomic E-state index is 13.1. The van der Waals surface area contributed by atoms with Crippen molar-refractivity contribution in [1.82, 2.24) is 9.62 Å². The average Bonchev–Trinajstić information content (AvgIpc) is 2.72. The molecule has 1 aliphatic heterocycles. The van der Waals surface area contributed by atoms with Crippen LogP contribution in [0.1, 0.15) is 56.3 Å². The number of carbonyl (C=O) groups excluding carboxylic acids is 2. The van der Waals surface area contributed by atoms with Gasteiger partial charge in [0.15, 0.2) is 6.61 Å². The number of morpholine rings is 1. The zero-order valence-electron chi connectivity index (χ0n) is 17.8. The third-order valence-corrected chi connectivity index (χ3v) is 7.79. The number of carbonyl (C=O) groups is 2. The lowest BCUT2D eigenvalue weighted by Gasteiger charge is -2.34. The molecule has 8 nitrogen and oxygen atoms in total. The summed E-state index contributed by atoms with van der Waals surface area (Å²) in [6.45, 7) is 3.56. The van der Waals surface area contributed by atoms with Crippen LogP contribution in [-0.2, 0) is 24.3 Å². The molecule has 1 saturated heterocycles. The number of halogens is 1. The van der Waals surface area contributed by atoms with Crippen LogP contribution in [0.3, 0.4) is 0 Å². The Hall–Kier alpha value is -1.68. The molecule has 1 aliphatic carbocycles. The SMILES string of the molecule is C[C@@H]1CN(S(=O)(=O)c2cc(C(=O)OCC(=O)NC3CCCCC3)ccc2Cl)C[C@@H](C)O1. The average molecular weight is 473 g/mol. The van der Waals surface area contributed by atoms with E-state index in [0.717, 1.165) is 25.7 Å². The molecular formula is C21H29ClN2O6S. The molecule has 2 aliphatic rings. The van der Waals surface area contributed by atoms with Crippen molar-refractivity contribution in [2.24, 2.45) is 0 Å². The number of hydrogen-bond acceptors (Lipinski definition) is 6. The predicted molar refractivity (Wildman–Crippen MR) is 116 cm³/mol. The van der Waals surface area contributed by atoms with E-state index in [2.05, 4.69) is 5.32 Å². The van der Waals surface area contributed by atoms with Crippen molar-refractivity contribution in [2.45, 2.75) is 69.1 Å². The monoisotopic (exact) mass is 472 g/mol. The number of nitrogens with one attached hydrogen (secondary N) is 1. The molecule has 3 rings (SSSR count). The molecule has 1 saturated carbocycles. The minimum Gasteiger partial charge on any atom is -0.452 e. The van der Waals surface area contributed by atoms with Crippen LogP contribution in [0.15, 0.2) is 23.1 Å². The molecule has 10 heteroatoms. The Morgan fingerprint density at radius 1 is 1.16 bits per heavy atom. The first-order valence-corrected chi connectivity index (χ1v) is 12.4. The Kier molecular flexibility index (Phi) is 7.96. The lowest BCUT2D eigenvalue weighted by molar-refractivity contribution is -0.125. The van der Waals surface area contributed by atoms with Crippen molar-refractivity contribution in [3.63, 3.8) is 0 Å². The van der Waals surface area contributed by atoms with Gasteiger partial charge in [0.05, 0.1) is 22.8 Å². The van der Waals surface area contributed by atoms with Crippen LogP contribution in [0.25, 0.3) is 0 Å². The Bertz CT molecular complexity index is 906. The topological polar surface area (TPSA) is 102 Å². The van der Waals surface area contributed by atoms with E-state index < -0.39 is 22.6 Å². The molecule has 1 amide bonds. The van der Waals surface area contributed by atoms with Crippen LogP contribution in [0.5, 0.6) is 0 Å². The van der Waals surface area contributed by atoms with E-state index in [1.54, 1.807) is 13.8 Å². The maximum Gasteiger partial charge on any atom is 0.338 e. The van der Waals surface area contributed by atoms with E-state index in [0.29, 0.717) is 0 Å². The van der Waals surface area contributed by atoms with E-state index in [9.17, 15) is 18.0 Å². The molecule has 2 atom stereocenters. The van der Waals surface area contributed by atoms with Crippen molar-refractivity contribution < 1.29 is 27.5 Å². The van der Waals surface area contributed by atoms with Crippen LogP contribution in [-0.4, -0.2) is 62.5 Å². The van der Waals surface area contributed by atoms with Crippen LogP contribution < -0.4 is 5.32 Å². The summed E-state index contributed by atoms with van der Waals surface area (Å²) < 4.78 is 38.3. The first kappa shape index (κ1) is 24.0. The standard InChI is InChI=1S/C21H29ClN2O6S/c1-14-11-24(12-15(2)30-14)31(27,28)19-10-16(8-9-18(19)22)21(26)29-13-20(25)23-17-6-4-3-5-7-17/h8-10,14-15,17H,3-7,11-13H2,1-2H3,(H,23,25)/t14-,15-/m1/s1. The molecule has 0 radical (unpaired) electrons. The van der Waals surface area contributed by atoms with Gasteiger partial charge >= 0.3 is 5.97 Å². The smallest absolute Gasteiger partial charge is 0.338 e. The fourth-order valence-electron chi connectivity index (χ4n) is 4.02. The van der Waals surface area contributed by atoms with E-state index in [4.69, 9.17) is 21.1 Å². The van der Waals surface area contributed by atoms with Gasteiger partial charge in [-0.3, -0.25) is 4.79 Å². The first-order chi connectivity index (χ1) is 14.7. The highest BCUT2D eigenvalue weighted by atomic mass is 35.5. The predicted octanol–water partition coefficient (Wildman–Crippen LogP) is 2.74. The number of amides is 1. The molecule has 1 heterocycles. The molecule has 0 spiro atoms. The lowest BCUT2D eigenvalue weighted by Crippen LogP contribution is -2.48. The maximum absolute atomic E-state index is 13.1. The van der Waals surface area contributed by atoms with Crippen molar-refractivity contribution in [1.29, 1.82) is 0 Å². The van der Waals surface area contributed by atoms with Gasteiger partial charge in [0.1, 0.15) is 4.90 Å². The summed E-state index contributed by atoms with van der Waals surface area (Å²) in [4.78, 5) is 24.3. The van der Waals surface area contributed by atoms with Crippen LogP contribution >= 0.6 is 11.6 Å². The first-order valence-electron chi connectivity index (χ1n) is 10.6. The molecule has 0 bridgehead atoms. The molecule has 31 heavy (non-hydrogen) atoms. The Balaban J connectivity index is 1.66. The van der Waals surface area contributed by atoms with Gasteiger partial charge in [-0.05, 0) is 44.9 Å². The normalized spacial score (nSPS) is 23.3. The number of rotatable bonds is 6. The summed E-state index contributed by atoms with van der Waals surface area (Å²) in [6.07, 6.45) is 4.67. The van der Waals surface area contributed by atoms with Crippen LogP contribution in [0, 0.1) is 0 Å². The number of nitrogens with zero attached hydrogens (tertiary/aromatic N) is 1. The largest absolute Gasteiger partial charge is 0.452 e. The zero-order chi connectivity index (χ0) is 22.6. The molecule has 0 unspecified atom stereocenters. The van der Waals surface area contributed by atoms with Gasteiger partial charge in [0.25, 0.3) is 5.91 Å². The summed E-state index contributed by atoms with van der Waals surface area (Å²) in [7, 11) is -3.93. The number of hydrogen-bond donors (Lipinski definition) is 1. The Labute approximate surface area is 188 Å². The second-order valence-electron chi connectivity index (χ2n) is 8.20. The van der Waals surface area contributed by atoms with Crippen molar-refractivity contribution in [3.05, 3.63) is 28.8 Å². The highest BCUT2D eigenvalue weighted by molar-refractivity contribution is 7.89. The van der Waals surface area contributed by atoms with Crippen molar-refractivity contribution in [2.75, 3.05) is 19.7 Å². The van der Waals surface area contributed by atoms with E-state index in [-0.39, 0.29) is 52.7 Å². The fraction of sp³-hybridized carbons (Fsp3) is 0.619. The van der Waals surface area contributed by atoms with Crippen molar-refractivity contribution in [3.8, 4) is 0 Å². The second kappa shape index (κ2) is 10.3. The number of esters is 1. The van der Waals surface area contributed by atoms with E-state index in [1.165, 1.54) is 28.9 Å². The van der Waals surface area contributed by atoms with Gasteiger partial charge in [0, 0.05) is 19.1 Å². The summed E-state index contributed by atoms with van der Waals surface area (Å²) >= 11 is 6.16. The van der Waals surface area contributed by atoms with Crippen LogP contribution in [0.2, 0.25) is 5.02 Å². The molecule has 1 N–H and O–H groups in total. The van der Waals surface area contributed by atoms with Gasteiger partial charge < -0.3 is 14.8 Å². The van der Waals surface area contributed by atoms with Crippen molar-refractivity contribution >= 4 is 33.5 Å². The highest BCUT2D eigenvalue weighted by Gasteiger charge is 2.34. The molecule has 1 aromatic rings. The minimum atomic E-state index is -3.93. The third kappa shape index (κ3) is 6.19. The molecule has 1 aromatic carbocycles. The Morgan fingerprint density at radius 3 is 2.45 bits per heavy atom. The molecule has 0 aromatic heterocycles. The quantitative estimate of drug-likeness (QED) is 0.639. The molecule has 172 valence electrons. The second-order valence-corrected chi connectivity index (χ2v) is 10.5. The van der Waals surface area contributed by atoms with Gasteiger partial charge in [-0.2, -0.15) is 4.31 Å². The van der Waals surface area contributed by atoms with Gasteiger partial charge in [0.2, 0.25) is 10.0 Å². The number of ether oxygens (including phenoxy) is 2. The van der Waals surface area contributed by atoms with E-state index in [1.807, 2.05) is 0 Å². The zero-order valence-corrected chi connectivity index (χ0v) is 19.4. The summed E-state index contributed by atoms with van der Waals surface area (Å²) in [5, 5.41) is 2.88. The fourth-order valence-corrected chi connectivity index (χ4v) is 6.12. The summed E-state index contributed by atoms with van der Waals surface area (Å²) in [5.74, 6) is -1.14. The minimum absolute atomic E-state index is 0.0124. The Morgan fingerprint density at radius 2 is 1.81 bits per heavy atom. The van der Waals surface area contributed by atoms with Gasteiger partial charge in [-0.15, -0.1) is 0 Å². The highest BCUT2D eigenvalue weighted by Crippen LogP contribution is 2.28. The van der Waals surface area contributed by atoms with Gasteiger partial charge in [-0.1, -0.05) is 30.9 Å². The van der Waals surface area contributed by atoms with Crippen LogP contribution in [0.4, 0.5) is 0 Å². The lowest BCUT2D eigenvalue weighted by atomic mass is 9.95. The molecular weight excluding hydrogens is 444 g/mol. The summed E-state index contributed by atoms with van der Waals surface area (Å²) in [5.41, 5.74) is 0.0165. The third-order valence-electron chi connectivity index (χ3n) is 5.48. The summed E-state index contributed by atoms with van der Waals surface area (Å²) in [6, 6.07) is 4.04. The number of sulfonamides is 1. The molecule has 2 fully saturated rings.